The van der Waals surface area contributed by atoms with E-state index in [4.69, 9.17) is 4.74 Å². The normalized spacial score (nSPS) is 44.1. The minimum absolute atomic E-state index is 0.172. The van der Waals surface area contributed by atoms with Crippen molar-refractivity contribution in [2.24, 2.45) is 5.92 Å². The molecule has 3 nitrogen and oxygen atoms in total. The van der Waals surface area contributed by atoms with E-state index in [1.807, 2.05) is 0 Å². The van der Waals surface area contributed by atoms with E-state index >= 15 is 0 Å². The number of aliphatic hydroxyl groups excluding tert-OH is 1. The first-order valence-corrected chi connectivity index (χ1v) is 5.77. The van der Waals surface area contributed by atoms with Gasteiger partial charge in [-0.3, -0.25) is 0 Å². The maximum absolute atomic E-state index is 9.60. The van der Waals surface area contributed by atoms with Crippen LogP contribution in [0.4, 0.5) is 0 Å². The quantitative estimate of drug-likeness (QED) is 0.694. The summed E-state index contributed by atoms with van der Waals surface area (Å²) in [6, 6.07) is 0.769. The highest BCUT2D eigenvalue weighted by Crippen LogP contribution is 2.24. The van der Waals surface area contributed by atoms with Gasteiger partial charge in [0.2, 0.25) is 0 Å². The number of hydrogen-bond donors (Lipinski definition) is 2. The number of hydrogen-bond acceptors (Lipinski definition) is 3. The molecule has 2 unspecified atom stereocenters. The van der Waals surface area contributed by atoms with Crippen LogP contribution in [0.1, 0.15) is 32.6 Å². The van der Waals surface area contributed by atoms with Crippen molar-refractivity contribution in [3.8, 4) is 0 Å². The average molecular weight is 199 g/mol. The van der Waals surface area contributed by atoms with Crippen LogP contribution in [0.15, 0.2) is 0 Å². The van der Waals surface area contributed by atoms with E-state index in [-0.39, 0.29) is 12.1 Å². The molecule has 2 N–H and O–H groups in total. The van der Waals surface area contributed by atoms with Gasteiger partial charge in [0, 0.05) is 6.04 Å². The number of rotatable bonds is 2. The molecule has 2 rings (SSSR count). The van der Waals surface area contributed by atoms with Gasteiger partial charge in [0.05, 0.1) is 25.4 Å². The van der Waals surface area contributed by atoms with Gasteiger partial charge in [0.25, 0.3) is 0 Å². The third kappa shape index (κ3) is 2.47. The second-order valence-electron chi connectivity index (χ2n) is 4.85. The van der Waals surface area contributed by atoms with E-state index in [1.165, 1.54) is 25.7 Å². The molecular weight excluding hydrogens is 178 g/mol. The Morgan fingerprint density at radius 3 is 2.79 bits per heavy atom. The Bertz CT molecular complexity index is 186. The van der Waals surface area contributed by atoms with Gasteiger partial charge in [0.15, 0.2) is 0 Å². The molecule has 14 heavy (non-hydrogen) atoms. The number of aliphatic hydroxyl groups is 1. The Morgan fingerprint density at radius 2 is 2.14 bits per heavy atom. The Kier molecular flexibility index (Phi) is 3.42. The predicted octanol–water partition coefficient (Wildman–Crippen LogP) is 0.914. The monoisotopic (exact) mass is 199 g/mol. The lowest BCUT2D eigenvalue weighted by Gasteiger charge is -2.30. The topological polar surface area (TPSA) is 41.5 Å². The van der Waals surface area contributed by atoms with Crippen molar-refractivity contribution in [2.45, 2.75) is 50.8 Å². The highest BCUT2D eigenvalue weighted by molar-refractivity contribution is 4.86. The average Bonchev–Trinajstić information content (AvgIpc) is 2.52. The van der Waals surface area contributed by atoms with Crippen LogP contribution in [0, 0.1) is 5.92 Å². The van der Waals surface area contributed by atoms with E-state index in [0.717, 1.165) is 5.92 Å². The Labute approximate surface area is 85.8 Å². The molecule has 0 amide bonds. The molecule has 1 heterocycles. The molecule has 2 fully saturated rings. The summed E-state index contributed by atoms with van der Waals surface area (Å²) < 4.78 is 5.23. The summed E-state index contributed by atoms with van der Waals surface area (Å²) in [7, 11) is 0. The minimum Gasteiger partial charge on any atom is -0.389 e. The molecule has 0 spiro atoms. The third-order valence-electron chi connectivity index (χ3n) is 3.44. The van der Waals surface area contributed by atoms with Gasteiger partial charge in [0.1, 0.15) is 0 Å². The maximum Gasteiger partial charge on any atom is 0.0948 e. The first-order valence-electron chi connectivity index (χ1n) is 5.77. The molecule has 0 aromatic heterocycles. The highest BCUT2D eigenvalue weighted by atomic mass is 16.5. The van der Waals surface area contributed by atoms with E-state index in [9.17, 15) is 5.11 Å². The maximum atomic E-state index is 9.60. The van der Waals surface area contributed by atoms with Crippen molar-refractivity contribution in [3.63, 3.8) is 0 Å². The standard InChI is InChI=1S/C11H21NO2/c1-8-3-2-4-9(5-8)12-10-6-14-7-11(10)13/h8-13H,2-7H2,1H3/t8?,9?,10-,11-/m1/s1. The summed E-state index contributed by atoms with van der Waals surface area (Å²) in [6.07, 6.45) is 4.90. The second-order valence-corrected chi connectivity index (χ2v) is 4.85. The molecule has 1 saturated heterocycles. The molecule has 2 aliphatic rings. The fourth-order valence-electron chi connectivity index (χ4n) is 2.59. The third-order valence-corrected chi connectivity index (χ3v) is 3.44. The molecule has 1 saturated carbocycles. The van der Waals surface area contributed by atoms with Crippen LogP contribution in [0.5, 0.6) is 0 Å². The van der Waals surface area contributed by atoms with Gasteiger partial charge < -0.3 is 15.2 Å². The zero-order chi connectivity index (χ0) is 9.97. The van der Waals surface area contributed by atoms with Crippen molar-refractivity contribution in [1.82, 2.24) is 5.32 Å². The summed E-state index contributed by atoms with van der Waals surface area (Å²) >= 11 is 0. The summed E-state index contributed by atoms with van der Waals surface area (Å²) in [4.78, 5) is 0. The lowest BCUT2D eigenvalue weighted by atomic mass is 9.86. The first kappa shape index (κ1) is 10.4. The van der Waals surface area contributed by atoms with Crippen LogP contribution < -0.4 is 5.32 Å². The predicted molar refractivity (Wildman–Crippen MR) is 55.2 cm³/mol. The summed E-state index contributed by atoms with van der Waals surface area (Å²) in [5, 5.41) is 13.1. The summed E-state index contributed by atoms with van der Waals surface area (Å²) in [5.41, 5.74) is 0. The molecule has 0 bridgehead atoms. The van der Waals surface area contributed by atoms with Gasteiger partial charge in [-0.15, -0.1) is 0 Å². The van der Waals surface area contributed by atoms with Crippen molar-refractivity contribution in [1.29, 1.82) is 0 Å². The zero-order valence-electron chi connectivity index (χ0n) is 8.91. The van der Waals surface area contributed by atoms with Gasteiger partial charge in [-0.2, -0.15) is 0 Å². The molecule has 0 radical (unpaired) electrons. The van der Waals surface area contributed by atoms with Crippen molar-refractivity contribution in [3.05, 3.63) is 0 Å². The van der Waals surface area contributed by atoms with Crippen LogP contribution in [-0.4, -0.2) is 36.5 Å². The van der Waals surface area contributed by atoms with Crippen LogP contribution in [0.2, 0.25) is 0 Å². The van der Waals surface area contributed by atoms with Crippen molar-refractivity contribution in [2.75, 3.05) is 13.2 Å². The van der Waals surface area contributed by atoms with E-state index in [0.29, 0.717) is 19.3 Å². The van der Waals surface area contributed by atoms with E-state index < -0.39 is 0 Å². The van der Waals surface area contributed by atoms with Gasteiger partial charge in [-0.1, -0.05) is 19.8 Å². The smallest absolute Gasteiger partial charge is 0.0948 e. The Hall–Kier alpha value is -0.120. The van der Waals surface area contributed by atoms with Crippen molar-refractivity contribution >= 4 is 0 Å². The molecular formula is C11H21NO2. The van der Waals surface area contributed by atoms with Gasteiger partial charge in [-0.25, -0.2) is 0 Å². The van der Waals surface area contributed by atoms with Crippen LogP contribution in [-0.2, 0) is 4.74 Å². The first-order chi connectivity index (χ1) is 6.75. The Balaban J connectivity index is 1.78. The largest absolute Gasteiger partial charge is 0.389 e. The number of nitrogens with one attached hydrogen (secondary N) is 1. The molecule has 82 valence electrons. The molecule has 1 aliphatic carbocycles. The molecule has 4 atom stereocenters. The van der Waals surface area contributed by atoms with E-state index in [2.05, 4.69) is 12.2 Å². The SMILES string of the molecule is CC1CCCC(N[C@@H]2COC[C@H]2O)C1. The van der Waals surface area contributed by atoms with Crippen LogP contribution >= 0.6 is 0 Å². The molecule has 1 aliphatic heterocycles. The minimum atomic E-state index is -0.299. The van der Waals surface area contributed by atoms with Gasteiger partial charge >= 0.3 is 0 Å². The lowest BCUT2D eigenvalue weighted by molar-refractivity contribution is 0.119. The molecule has 3 heteroatoms. The van der Waals surface area contributed by atoms with Crippen LogP contribution in [0.25, 0.3) is 0 Å². The van der Waals surface area contributed by atoms with Crippen molar-refractivity contribution < 1.29 is 9.84 Å². The lowest BCUT2D eigenvalue weighted by Crippen LogP contribution is -2.46. The zero-order valence-corrected chi connectivity index (χ0v) is 8.91. The fraction of sp³-hybridized carbons (Fsp3) is 1.00. The van der Waals surface area contributed by atoms with Gasteiger partial charge in [-0.05, 0) is 18.8 Å². The highest BCUT2D eigenvalue weighted by Gasteiger charge is 2.29. The summed E-state index contributed by atoms with van der Waals surface area (Å²) in [5.74, 6) is 0.834. The second kappa shape index (κ2) is 4.60. The summed E-state index contributed by atoms with van der Waals surface area (Å²) in [6.45, 7) is 3.49. The fourth-order valence-corrected chi connectivity index (χ4v) is 2.59. The molecule has 0 aromatic rings. The molecule has 0 aromatic carbocycles. The number of ether oxygens (including phenoxy) is 1. The Morgan fingerprint density at radius 1 is 1.29 bits per heavy atom. The van der Waals surface area contributed by atoms with Crippen LogP contribution in [0.3, 0.4) is 0 Å². The van der Waals surface area contributed by atoms with E-state index in [1.54, 1.807) is 0 Å².